The fourth-order valence-corrected chi connectivity index (χ4v) is 5.99. The van der Waals surface area contributed by atoms with Crippen LogP contribution >= 0.6 is 7.82 Å². The average molecular weight is 831 g/mol. The largest absolute Gasteiger partial charge is 0.472 e. The van der Waals surface area contributed by atoms with Gasteiger partial charge in [0.15, 0.2) is 6.10 Å². The summed E-state index contributed by atoms with van der Waals surface area (Å²) in [7, 11) is 1.42. The number of nitrogens with zero attached hydrogens (tertiary/aromatic N) is 1. The molecular formula is C48H81NO8P+. The predicted octanol–water partition coefficient (Wildman–Crippen LogP) is 12.6. The Labute approximate surface area is 353 Å². The summed E-state index contributed by atoms with van der Waals surface area (Å²) < 4.78 is 34.2. The average Bonchev–Trinajstić information content (AvgIpc) is 3.17. The summed E-state index contributed by atoms with van der Waals surface area (Å²) in [5.74, 6) is -0.913. The normalized spacial score (nSPS) is 14.5. The van der Waals surface area contributed by atoms with E-state index in [1.807, 2.05) is 33.3 Å². The van der Waals surface area contributed by atoms with Crippen molar-refractivity contribution in [3.05, 3.63) is 97.2 Å². The van der Waals surface area contributed by atoms with Crippen molar-refractivity contribution >= 4 is 19.8 Å². The third-order valence-corrected chi connectivity index (χ3v) is 9.61. The molecule has 0 fully saturated rings. The maximum absolute atomic E-state index is 12.7. The van der Waals surface area contributed by atoms with E-state index in [1.165, 1.54) is 25.7 Å². The molecule has 0 bridgehead atoms. The lowest BCUT2D eigenvalue weighted by atomic mass is 10.1. The molecule has 0 aliphatic rings. The number of likely N-dealkylation sites (N-methyl/N-ethyl adjacent to an activating group) is 1. The number of phosphoric ester groups is 1. The van der Waals surface area contributed by atoms with Gasteiger partial charge in [-0.25, -0.2) is 4.57 Å². The Morgan fingerprint density at radius 2 is 0.966 bits per heavy atom. The minimum absolute atomic E-state index is 0.0139. The number of esters is 2. The van der Waals surface area contributed by atoms with Crippen LogP contribution in [-0.4, -0.2) is 74.9 Å². The van der Waals surface area contributed by atoms with Crippen LogP contribution in [0, 0.1) is 0 Å². The second-order valence-electron chi connectivity index (χ2n) is 15.3. The zero-order valence-corrected chi connectivity index (χ0v) is 37.9. The van der Waals surface area contributed by atoms with E-state index >= 15 is 0 Å². The van der Waals surface area contributed by atoms with Crippen LogP contribution in [0.4, 0.5) is 0 Å². The highest BCUT2D eigenvalue weighted by Gasteiger charge is 2.27. The summed E-state index contributed by atoms with van der Waals surface area (Å²) in [6.45, 7) is 4.07. The van der Waals surface area contributed by atoms with Crippen molar-refractivity contribution in [2.45, 2.75) is 148 Å². The predicted molar refractivity (Wildman–Crippen MR) is 242 cm³/mol. The molecule has 10 heteroatoms. The number of quaternary nitrogens is 1. The second-order valence-corrected chi connectivity index (χ2v) is 16.8. The van der Waals surface area contributed by atoms with Crippen molar-refractivity contribution in [3.8, 4) is 0 Å². The van der Waals surface area contributed by atoms with E-state index in [-0.39, 0.29) is 26.1 Å². The van der Waals surface area contributed by atoms with Crippen LogP contribution in [-0.2, 0) is 32.7 Å². The van der Waals surface area contributed by atoms with Crippen LogP contribution in [0.15, 0.2) is 97.2 Å². The first-order valence-corrected chi connectivity index (χ1v) is 23.5. The van der Waals surface area contributed by atoms with Crippen LogP contribution in [0.5, 0.6) is 0 Å². The molecule has 0 aromatic carbocycles. The molecule has 2 unspecified atom stereocenters. The SMILES string of the molecule is CC/C=C\C/C=C\C/C=C\C/C=C\CCCCCCCCCCC(=O)OC(COC(=O)CC/C=C\C/C=C\C/C=C\C/C=C\CC)COP(=O)(O)OCC[N+](C)(C)C. The summed E-state index contributed by atoms with van der Waals surface area (Å²) in [5, 5.41) is 0. The van der Waals surface area contributed by atoms with E-state index in [9.17, 15) is 19.0 Å². The molecule has 0 heterocycles. The van der Waals surface area contributed by atoms with E-state index < -0.39 is 32.5 Å². The topological polar surface area (TPSA) is 108 Å². The minimum Gasteiger partial charge on any atom is -0.462 e. The van der Waals surface area contributed by atoms with E-state index in [2.05, 4.69) is 98.9 Å². The highest BCUT2D eigenvalue weighted by Crippen LogP contribution is 2.43. The van der Waals surface area contributed by atoms with Gasteiger partial charge in [0.1, 0.15) is 19.8 Å². The van der Waals surface area contributed by atoms with Gasteiger partial charge in [0.05, 0.1) is 27.7 Å². The number of hydrogen-bond acceptors (Lipinski definition) is 7. The Morgan fingerprint density at radius 1 is 0.534 bits per heavy atom. The Hall–Kier alpha value is -3.07. The van der Waals surface area contributed by atoms with Gasteiger partial charge in [-0.2, -0.15) is 0 Å². The lowest BCUT2D eigenvalue weighted by Gasteiger charge is -2.24. The van der Waals surface area contributed by atoms with E-state index in [1.54, 1.807) is 0 Å². The van der Waals surface area contributed by atoms with Crippen LogP contribution in [0.25, 0.3) is 0 Å². The van der Waals surface area contributed by atoms with Gasteiger partial charge in [-0.15, -0.1) is 0 Å². The fraction of sp³-hybridized carbons (Fsp3) is 0.625. The number of hydrogen-bond donors (Lipinski definition) is 1. The molecule has 1 N–H and O–H groups in total. The quantitative estimate of drug-likeness (QED) is 0.0215. The minimum atomic E-state index is -4.40. The Bertz CT molecular complexity index is 1300. The lowest BCUT2D eigenvalue weighted by molar-refractivity contribution is -0.870. The molecule has 0 aromatic heterocycles. The maximum atomic E-state index is 12.7. The van der Waals surface area contributed by atoms with Crippen LogP contribution in [0.2, 0.25) is 0 Å². The Morgan fingerprint density at radius 3 is 1.45 bits per heavy atom. The van der Waals surface area contributed by atoms with Gasteiger partial charge in [-0.05, 0) is 77.0 Å². The Balaban J connectivity index is 4.43. The van der Waals surface area contributed by atoms with Crippen molar-refractivity contribution in [2.75, 3.05) is 47.5 Å². The van der Waals surface area contributed by atoms with E-state index in [4.69, 9.17) is 18.5 Å². The molecule has 0 amide bonds. The standard InChI is InChI=1S/C48H80NO8P/c1-6-8-10-12-14-16-18-20-21-22-23-24-25-26-27-29-31-33-35-37-39-41-48(51)57-46(45-56-58(52,53)55-43-42-49(3,4)5)44-54-47(50)40-38-36-34-32-30-28-19-17-15-13-11-9-7-2/h8-11,14-17,20-21,23-24,28,30,34,36,46H,6-7,12-13,18-19,22,25-27,29,31-33,35,37-45H2,1-5H3/p+1/b10-8-,11-9-,16-14-,17-15-,21-20-,24-23-,30-28-,36-34-. The van der Waals surface area contributed by atoms with Gasteiger partial charge in [-0.1, -0.05) is 150 Å². The second kappa shape index (κ2) is 39.4. The molecule has 0 radical (unpaired) electrons. The van der Waals surface area contributed by atoms with Gasteiger partial charge in [-0.3, -0.25) is 18.6 Å². The number of phosphoric acid groups is 1. The van der Waals surface area contributed by atoms with Gasteiger partial charge < -0.3 is 18.9 Å². The molecule has 0 saturated carbocycles. The summed E-state index contributed by atoms with van der Waals surface area (Å²) >= 11 is 0. The molecule has 0 spiro atoms. The summed E-state index contributed by atoms with van der Waals surface area (Å²) in [6, 6.07) is 0. The third kappa shape index (κ3) is 42.5. The summed E-state index contributed by atoms with van der Waals surface area (Å²) in [5.41, 5.74) is 0. The first kappa shape index (κ1) is 54.9. The highest BCUT2D eigenvalue weighted by atomic mass is 31.2. The number of allylic oxidation sites excluding steroid dienone is 16. The first-order chi connectivity index (χ1) is 28.0. The summed E-state index contributed by atoms with van der Waals surface area (Å²) in [4.78, 5) is 35.3. The van der Waals surface area contributed by atoms with Gasteiger partial charge in [0.2, 0.25) is 0 Å². The molecule has 0 saturated heterocycles. The smallest absolute Gasteiger partial charge is 0.462 e. The fourth-order valence-electron chi connectivity index (χ4n) is 5.25. The van der Waals surface area contributed by atoms with E-state index in [0.717, 1.165) is 77.0 Å². The van der Waals surface area contributed by atoms with Gasteiger partial charge in [0, 0.05) is 12.8 Å². The molecule has 0 aliphatic carbocycles. The molecule has 2 atom stereocenters. The van der Waals surface area contributed by atoms with Crippen LogP contribution in [0.3, 0.4) is 0 Å². The van der Waals surface area contributed by atoms with Crippen molar-refractivity contribution in [1.82, 2.24) is 0 Å². The number of carbonyl (C=O) groups excluding carboxylic acids is 2. The molecule has 9 nitrogen and oxygen atoms in total. The van der Waals surface area contributed by atoms with Crippen LogP contribution in [0.1, 0.15) is 142 Å². The number of rotatable bonds is 38. The highest BCUT2D eigenvalue weighted by molar-refractivity contribution is 7.47. The molecule has 0 rings (SSSR count). The number of carbonyl (C=O) groups is 2. The Kier molecular flexibility index (Phi) is 37.3. The maximum Gasteiger partial charge on any atom is 0.472 e. The van der Waals surface area contributed by atoms with Crippen molar-refractivity contribution in [3.63, 3.8) is 0 Å². The lowest BCUT2D eigenvalue weighted by Crippen LogP contribution is -2.37. The molecular weight excluding hydrogens is 750 g/mol. The van der Waals surface area contributed by atoms with Crippen molar-refractivity contribution in [2.24, 2.45) is 0 Å². The van der Waals surface area contributed by atoms with E-state index in [0.29, 0.717) is 23.9 Å². The first-order valence-electron chi connectivity index (χ1n) is 22.0. The molecule has 58 heavy (non-hydrogen) atoms. The number of unbranched alkanes of at least 4 members (excludes halogenated alkanes) is 8. The molecule has 330 valence electrons. The van der Waals surface area contributed by atoms with Crippen molar-refractivity contribution < 1.29 is 42.1 Å². The number of ether oxygens (including phenoxy) is 2. The monoisotopic (exact) mass is 831 g/mol. The third-order valence-electron chi connectivity index (χ3n) is 8.62. The zero-order chi connectivity index (χ0) is 42.8. The zero-order valence-electron chi connectivity index (χ0n) is 37.0. The summed E-state index contributed by atoms with van der Waals surface area (Å²) in [6.07, 6.45) is 51.9. The van der Waals surface area contributed by atoms with Crippen LogP contribution < -0.4 is 0 Å². The van der Waals surface area contributed by atoms with Crippen molar-refractivity contribution in [1.29, 1.82) is 0 Å². The van der Waals surface area contributed by atoms with Gasteiger partial charge >= 0.3 is 19.8 Å². The molecule has 0 aliphatic heterocycles. The van der Waals surface area contributed by atoms with Gasteiger partial charge in [0.25, 0.3) is 0 Å². The molecule has 0 aromatic rings.